The van der Waals surface area contributed by atoms with Gasteiger partial charge in [0.25, 0.3) is 5.91 Å². The molecule has 1 N–H and O–H groups in total. The van der Waals surface area contributed by atoms with Crippen LogP contribution in [0.3, 0.4) is 0 Å². The van der Waals surface area contributed by atoms with Gasteiger partial charge in [-0.25, -0.2) is 4.98 Å². The molecular formula is C11H12ClN3O. The normalized spacial score (nSPS) is 10.6. The lowest BCUT2D eigenvalue weighted by Crippen LogP contribution is -2.33. The number of hydrogen-bond donors (Lipinski definition) is 1. The molecule has 0 aliphatic rings. The maximum Gasteiger partial charge on any atom is 0.252 e. The first-order valence-electron chi connectivity index (χ1n) is 4.75. The second-order valence-corrected chi connectivity index (χ2v) is 4.44. The Morgan fingerprint density at radius 2 is 2.31 bits per heavy atom. The van der Waals surface area contributed by atoms with Crippen LogP contribution in [-0.2, 0) is 0 Å². The molecule has 1 heterocycles. The largest absolute Gasteiger partial charge is 0.350 e. The zero-order valence-corrected chi connectivity index (χ0v) is 9.88. The first-order chi connectivity index (χ1) is 7.44. The number of carbonyl (C=O) groups is 1. The van der Waals surface area contributed by atoms with Crippen molar-refractivity contribution in [3.05, 3.63) is 29.0 Å². The standard InChI is InChI=1S/C11H12ClN3O/c1-11(2,6-13)7-15-10(16)8-3-4-9(12)14-5-8/h3-5H,7H2,1-2H3,(H,15,16). The predicted octanol–water partition coefficient (Wildman–Crippen LogP) is 2.01. The third-order valence-electron chi connectivity index (χ3n) is 1.98. The molecule has 0 aromatic carbocycles. The van der Waals surface area contributed by atoms with E-state index in [0.717, 1.165) is 0 Å². The van der Waals surface area contributed by atoms with Crippen LogP contribution in [0, 0.1) is 16.7 Å². The second-order valence-electron chi connectivity index (χ2n) is 4.05. The van der Waals surface area contributed by atoms with E-state index >= 15 is 0 Å². The minimum atomic E-state index is -0.574. The summed E-state index contributed by atoms with van der Waals surface area (Å²) in [6.07, 6.45) is 1.40. The highest BCUT2D eigenvalue weighted by atomic mass is 35.5. The van der Waals surface area contributed by atoms with Crippen LogP contribution in [0.5, 0.6) is 0 Å². The summed E-state index contributed by atoms with van der Waals surface area (Å²) >= 11 is 5.60. The summed E-state index contributed by atoms with van der Waals surface area (Å²) in [5.41, 5.74) is -0.145. The number of carbonyl (C=O) groups excluding carboxylic acids is 1. The van der Waals surface area contributed by atoms with Crippen molar-refractivity contribution in [1.29, 1.82) is 5.26 Å². The van der Waals surface area contributed by atoms with E-state index in [1.165, 1.54) is 6.20 Å². The van der Waals surface area contributed by atoms with Gasteiger partial charge in [-0.15, -0.1) is 0 Å². The number of halogens is 1. The summed E-state index contributed by atoms with van der Waals surface area (Å²) in [5.74, 6) is -0.257. The molecule has 16 heavy (non-hydrogen) atoms. The van der Waals surface area contributed by atoms with Gasteiger partial charge in [0.15, 0.2) is 0 Å². The van der Waals surface area contributed by atoms with Crippen LogP contribution in [0.15, 0.2) is 18.3 Å². The molecule has 0 atom stereocenters. The Bertz CT molecular complexity index is 420. The van der Waals surface area contributed by atoms with Gasteiger partial charge in [0.2, 0.25) is 0 Å². The summed E-state index contributed by atoms with van der Waals surface area (Å²) < 4.78 is 0. The van der Waals surface area contributed by atoms with Gasteiger partial charge < -0.3 is 5.32 Å². The topological polar surface area (TPSA) is 65.8 Å². The summed E-state index contributed by atoms with van der Waals surface area (Å²) in [4.78, 5) is 15.4. The molecule has 4 nitrogen and oxygen atoms in total. The van der Waals surface area contributed by atoms with Crippen LogP contribution in [0.2, 0.25) is 5.15 Å². The van der Waals surface area contributed by atoms with Gasteiger partial charge in [0.1, 0.15) is 5.15 Å². The van der Waals surface area contributed by atoms with E-state index in [4.69, 9.17) is 16.9 Å². The molecule has 5 heteroatoms. The van der Waals surface area contributed by atoms with E-state index in [-0.39, 0.29) is 5.91 Å². The SMILES string of the molecule is CC(C)(C#N)CNC(=O)c1ccc(Cl)nc1. The summed E-state index contributed by atoms with van der Waals surface area (Å²) in [5, 5.41) is 11.8. The van der Waals surface area contributed by atoms with Crippen LogP contribution in [-0.4, -0.2) is 17.4 Å². The number of aromatic nitrogens is 1. The molecule has 0 aliphatic heterocycles. The van der Waals surface area contributed by atoms with Gasteiger partial charge >= 0.3 is 0 Å². The van der Waals surface area contributed by atoms with E-state index in [1.54, 1.807) is 26.0 Å². The number of hydrogen-bond acceptors (Lipinski definition) is 3. The van der Waals surface area contributed by atoms with E-state index in [9.17, 15) is 4.79 Å². The lowest BCUT2D eigenvalue weighted by molar-refractivity contribution is 0.0943. The monoisotopic (exact) mass is 237 g/mol. The Morgan fingerprint density at radius 1 is 1.62 bits per heavy atom. The van der Waals surface area contributed by atoms with Crippen molar-refractivity contribution in [2.45, 2.75) is 13.8 Å². The smallest absolute Gasteiger partial charge is 0.252 e. The predicted molar refractivity (Wildman–Crippen MR) is 61.0 cm³/mol. The van der Waals surface area contributed by atoms with Gasteiger partial charge in [-0.05, 0) is 26.0 Å². The number of pyridine rings is 1. The van der Waals surface area contributed by atoms with Crippen LogP contribution >= 0.6 is 11.6 Å². The summed E-state index contributed by atoms with van der Waals surface area (Å²) in [7, 11) is 0. The first kappa shape index (κ1) is 12.5. The second kappa shape index (κ2) is 4.95. The van der Waals surface area contributed by atoms with Gasteiger partial charge in [-0.1, -0.05) is 11.6 Å². The molecule has 1 aromatic rings. The molecule has 0 fully saturated rings. The molecule has 84 valence electrons. The molecule has 0 spiro atoms. The van der Waals surface area contributed by atoms with Crippen LogP contribution in [0.25, 0.3) is 0 Å². The van der Waals surface area contributed by atoms with Crippen LogP contribution in [0.4, 0.5) is 0 Å². The van der Waals surface area contributed by atoms with Gasteiger partial charge in [-0.2, -0.15) is 5.26 Å². The maximum atomic E-state index is 11.6. The van der Waals surface area contributed by atoms with Crippen molar-refractivity contribution in [3.8, 4) is 6.07 Å². The Kier molecular flexibility index (Phi) is 3.86. The first-order valence-corrected chi connectivity index (χ1v) is 5.13. The maximum absolute atomic E-state index is 11.6. The number of nitrogens with one attached hydrogen (secondary N) is 1. The number of nitriles is 1. The van der Waals surface area contributed by atoms with Crippen molar-refractivity contribution >= 4 is 17.5 Å². The third kappa shape index (κ3) is 3.52. The molecular weight excluding hydrogens is 226 g/mol. The molecule has 0 saturated carbocycles. The van der Waals surface area contributed by atoms with Crippen LogP contribution in [0.1, 0.15) is 24.2 Å². The average Bonchev–Trinajstić information content (AvgIpc) is 2.27. The zero-order chi connectivity index (χ0) is 12.2. The van der Waals surface area contributed by atoms with E-state index in [1.807, 2.05) is 0 Å². The minimum absolute atomic E-state index is 0.257. The van der Waals surface area contributed by atoms with Crippen molar-refractivity contribution in [2.24, 2.45) is 5.41 Å². The average molecular weight is 238 g/mol. The third-order valence-corrected chi connectivity index (χ3v) is 2.21. The quantitative estimate of drug-likeness (QED) is 0.818. The number of rotatable bonds is 3. The van der Waals surface area contributed by atoms with E-state index < -0.39 is 5.41 Å². The Labute approximate surface area is 99.2 Å². The fraction of sp³-hybridized carbons (Fsp3) is 0.364. The minimum Gasteiger partial charge on any atom is -0.350 e. The highest BCUT2D eigenvalue weighted by molar-refractivity contribution is 6.29. The summed E-state index contributed by atoms with van der Waals surface area (Å²) in [6, 6.07) is 5.24. The number of nitrogens with zero attached hydrogens (tertiary/aromatic N) is 2. The molecule has 0 saturated heterocycles. The fourth-order valence-electron chi connectivity index (χ4n) is 0.953. The molecule has 0 aliphatic carbocycles. The lowest BCUT2D eigenvalue weighted by atomic mass is 9.96. The summed E-state index contributed by atoms with van der Waals surface area (Å²) in [6.45, 7) is 3.81. The molecule has 0 unspecified atom stereocenters. The van der Waals surface area contributed by atoms with Gasteiger partial charge in [-0.3, -0.25) is 4.79 Å². The Balaban J connectivity index is 2.61. The molecule has 0 bridgehead atoms. The Hall–Kier alpha value is -1.60. The van der Waals surface area contributed by atoms with Crippen molar-refractivity contribution in [2.75, 3.05) is 6.54 Å². The molecule has 1 rings (SSSR count). The van der Waals surface area contributed by atoms with E-state index in [2.05, 4.69) is 16.4 Å². The fourth-order valence-corrected chi connectivity index (χ4v) is 1.06. The zero-order valence-electron chi connectivity index (χ0n) is 9.12. The number of amides is 1. The van der Waals surface area contributed by atoms with Crippen molar-refractivity contribution in [1.82, 2.24) is 10.3 Å². The molecule has 1 aromatic heterocycles. The Morgan fingerprint density at radius 3 is 2.81 bits per heavy atom. The van der Waals surface area contributed by atoms with E-state index in [0.29, 0.717) is 17.3 Å². The van der Waals surface area contributed by atoms with Crippen molar-refractivity contribution < 1.29 is 4.79 Å². The highest BCUT2D eigenvalue weighted by Crippen LogP contribution is 2.11. The van der Waals surface area contributed by atoms with Crippen LogP contribution < -0.4 is 5.32 Å². The van der Waals surface area contributed by atoms with Gasteiger partial charge in [0, 0.05) is 12.7 Å². The highest BCUT2D eigenvalue weighted by Gasteiger charge is 2.18. The lowest BCUT2D eigenvalue weighted by Gasteiger charge is -2.15. The van der Waals surface area contributed by atoms with Gasteiger partial charge in [0.05, 0.1) is 17.0 Å². The molecule has 0 radical (unpaired) electrons. The van der Waals surface area contributed by atoms with Crippen molar-refractivity contribution in [3.63, 3.8) is 0 Å². The molecule has 1 amide bonds.